The molecule has 31 heavy (non-hydrogen) atoms. The predicted molar refractivity (Wildman–Crippen MR) is 121 cm³/mol. The molecule has 2 aromatic rings. The molecule has 0 aliphatic rings. The Morgan fingerprint density at radius 1 is 0.839 bits per heavy atom. The molecule has 0 fully saturated rings. The number of hydrogen-bond donors (Lipinski definition) is 2. The zero-order valence-electron chi connectivity index (χ0n) is 16.3. The van der Waals surface area contributed by atoms with Gasteiger partial charge >= 0.3 is 17.1 Å². The van der Waals surface area contributed by atoms with Crippen molar-refractivity contribution in [2.75, 3.05) is 0 Å². The van der Waals surface area contributed by atoms with Crippen LogP contribution in [0.4, 0.5) is 0 Å². The molecule has 12 nitrogen and oxygen atoms in total. The van der Waals surface area contributed by atoms with Crippen molar-refractivity contribution in [3.8, 4) is 0 Å². The fourth-order valence-electron chi connectivity index (χ4n) is 1.50. The molecule has 0 aliphatic heterocycles. The van der Waals surface area contributed by atoms with Crippen LogP contribution in [-0.2, 0) is 42.3 Å². The van der Waals surface area contributed by atoms with E-state index in [0.29, 0.717) is 11.4 Å². The number of pyridine rings is 2. The SMILES string of the molecule is C/C(=N\N=C(\N)[S-])c1ccccn1.C/C(=N\N=C(\N)[S-])c1ccccn1.O=[N+]([O-])[O-].[Fe+3]. The summed E-state index contributed by atoms with van der Waals surface area (Å²) in [5.41, 5.74) is 13.2. The van der Waals surface area contributed by atoms with Gasteiger partial charge in [-0.2, -0.15) is 20.4 Å². The van der Waals surface area contributed by atoms with Gasteiger partial charge < -0.3 is 52.0 Å². The molecular weight excluding hydrogens is 486 g/mol. The third kappa shape index (κ3) is 17.3. The number of amidine groups is 2. The monoisotopic (exact) mass is 504 g/mol. The van der Waals surface area contributed by atoms with Crippen molar-refractivity contribution < 1.29 is 22.2 Å². The van der Waals surface area contributed by atoms with E-state index >= 15 is 0 Å². The molecule has 0 unspecified atom stereocenters. The number of nitrogens with zero attached hydrogens (tertiary/aromatic N) is 7. The Morgan fingerprint density at radius 3 is 1.39 bits per heavy atom. The van der Waals surface area contributed by atoms with Gasteiger partial charge in [-0.05, 0) is 48.4 Å². The summed E-state index contributed by atoms with van der Waals surface area (Å²) in [7, 11) is 0. The van der Waals surface area contributed by atoms with Crippen molar-refractivity contribution in [3.63, 3.8) is 0 Å². The van der Waals surface area contributed by atoms with Crippen LogP contribution in [0.1, 0.15) is 25.2 Å². The van der Waals surface area contributed by atoms with Gasteiger partial charge in [0.25, 0.3) is 0 Å². The minimum absolute atomic E-state index is 0. The van der Waals surface area contributed by atoms with Crippen LogP contribution in [0.2, 0.25) is 0 Å². The van der Waals surface area contributed by atoms with E-state index in [2.05, 4.69) is 55.6 Å². The zero-order chi connectivity index (χ0) is 22.9. The van der Waals surface area contributed by atoms with Crippen molar-refractivity contribution in [2.45, 2.75) is 13.8 Å². The van der Waals surface area contributed by atoms with Crippen LogP contribution in [0.15, 0.2) is 69.2 Å². The van der Waals surface area contributed by atoms with Gasteiger partial charge in [0.2, 0.25) is 0 Å². The summed E-state index contributed by atoms with van der Waals surface area (Å²) in [4.78, 5) is 16.4. The van der Waals surface area contributed by atoms with Crippen molar-refractivity contribution >= 4 is 47.0 Å². The molecule has 1 radical (unpaired) electrons. The molecule has 15 heteroatoms. The standard InChI is InChI=1S/2C8H10N4S.Fe.NO3/c2*1-6(11-12-8(9)13)7-4-2-3-5-10-7;;2-1(3)4/h2*2-5H,1H3,(H3,9,12,13);;/q;;+3;-1/p-2/b2*11-6+;;. The van der Waals surface area contributed by atoms with Gasteiger partial charge in [-0.25, -0.2) is 0 Å². The van der Waals surface area contributed by atoms with Crippen LogP contribution in [0, 0.1) is 15.3 Å². The van der Waals surface area contributed by atoms with E-state index in [1.807, 2.05) is 36.4 Å². The first-order chi connectivity index (χ1) is 14.1. The summed E-state index contributed by atoms with van der Waals surface area (Å²) in [6, 6.07) is 11.1. The minimum Gasteiger partial charge on any atom is -0.741 e. The third-order valence-electron chi connectivity index (χ3n) is 2.67. The van der Waals surface area contributed by atoms with E-state index in [4.69, 9.17) is 26.8 Å². The summed E-state index contributed by atoms with van der Waals surface area (Å²) in [5, 5.41) is 29.5. The molecular formula is C16H18FeN9O3S2. The number of rotatable bonds is 4. The summed E-state index contributed by atoms with van der Waals surface area (Å²) < 4.78 is 0. The van der Waals surface area contributed by atoms with Crippen molar-refractivity contribution in [1.29, 1.82) is 0 Å². The fourth-order valence-corrected chi connectivity index (χ4v) is 1.59. The Hall–Kier alpha value is -3.26. The molecule has 2 aromatic heterocycles. The summed E-state index contributed by atoms with van der Waals surface area (Å²) in [6.07, 6.45) is 3.38. The Labute approximate surface area is 200 Å². The molecule has 0 saturated heterocycles. The molecule has 0 saturated carbocycles. The van der Waals surface area contributed by atoms with Gasteiger partial charge in [-0.15, -0.1) is 0 Å². The molecule has 0 aliphatic carbocycles. The van der Waals surface area contributed by atoms with Crippen LogP contribution in [-0.4, -0.2) is 36.8 Å². The molecule has 0 bridgehead atoms. The Kier molecular flexibility index (Phi) is 17.0. The molecule has 2 heterocycles. The van der Waals surface area contributed by atoms with Gasteiger partial charge in [0, 0.05) is 12.4 Å². The summed E-state index contributed by atoms with van der Waals surface area (Å²) in [5.74, 6) is 0. The van der Waals surface area contributed by atoms with E-state index in [9.17, 15) is 0 Å². The van der Waals surface area contributed by atoms with Crippen LogP contribution >= 0.6 is 0 Å². The maximum atomic E-state index is 8.25. The first kappa shape index (κ1) is 29.9. The maximum absolute atomic E-state index is 8.25. The summed E-state index contributed by atoms with van der Waals surface area (Å²) in [6.45, 7) is 3.59. The topological polar surface area (TPSA) is 193 Å². The van der Waals surface area contributed by atoms with Crippen molar-refractivity contribution in [1.82, 2.24) is 9.97 Å². The van der Waals surface area contributed by atoms with Crippen molar-refractivity contribution in [3.05, 3.63) is 75.5 Å². The van der Waals surface area contributed by atoms with Gasteiger partial charge in [0.05, 0.1) is 27.9 Å². The normalized spacial score (nSPS) is 11.7. The van der Waals surface area contributed by atoms with E-state index in [1.165, 1.54) is 0 Å². The summed E-state index contributed by atoms with van der Waals surface area (Å²) >= 11 is 9.10. The minimum atomic E-state index is -1.75. The van der Waals surface area contributed by atoms with E-state index in [0.717, 1.165) is 11.4 Å². The molecule has 0 aromatic carbocycles. The van der Waals surface area contributed by atoms with Crippen molar-refractivity contribution in [2.24, 2.45) is 31.9 Å². The second-order valence-electron chi connectivity index (χ2n) is 4.90. The Balaban J connectivity index is 0. The molecule has 2 rings (SSSR count). The van der Waals surface area contributed by atoms with E-state index < -0.39 is 5.09 Å². The number of nitrogens with two attached hydrogens (primary N) is 2. The van der Waals surface area contributed by atoms with Gasteiger partial charge in [-0.1, -0.05) is 12.1 Å². The Morgan fingerprint density at radius 2 is 1.16 bits per heavy atom. The molecule has 0 spiro atoms. The van der Waals surface area contributed by atoms with E-state index in [1.54, 1.807) is 26.2 Å². The smallest absolute Gasteiger partial charge is 0.741 e. The molecule has 0 amide bonds. The van der Waals surface area contributed by atoms with Gasteiger partial charge in [0.15, 0.2) is 0 Å². The van der Waals surface area contributed by atoms with Crippen LogP contribution in [0.25, 0.3) is 0 Å². The average Bonchev–Trinajstić information content (AvgIpc) is 2.71. The first-order valence-electron chi connectivity index (χ1n) is 7.87. The fraction of sp³-hybridized carbons (Fsp3) is 0.125. The van der Waals surface area contributed by atoms with Crippen LogP contribution in [0.3, 0.4) is 0 Å². The zero-order valence-corrected chi connectivity index (χ0v) is 19.0. The van der Waals surface area contributed by atoms with Crippen LogP contribution < -0.4 is 11.5 Å². The quantitative estimate of drug-likeness (QED) is 0.153. The predicted octanol–water partition coefficient (Wildman–Crippen LogP) is 1.09. The number of hydrogen-bond acceptors (Lipinski definition) is 11. The molecule has 0 atom stereocenters. The molecule has 165 valence electrons. The van der Waals surface area contributed by atoms with Gasteiger partial charge in [0.1, 0.15) is 0 Å². The Bertz CT molecular complexity index is 830. The average molecular weight is 504 g/mol. The largest absolute Gasteiger partial charge is 3.00 e. The maximum Gasteiger partial charge on any atom is 3.00 e. The second-order valence-corrected chi connectivity index (χ2v) is 5.74. The van der Waals surface area contributed by atoms with Gasteiger partial charge in [-0.3, -0.25) is 9.97 Å². The number of aromatic nitrogens is 2. The first-order valence-corrected chi connectivity index (χ1v) is 8.69. The van der Waals surface area contributed by atoms with Crippen LogP contribution in [0.5, 0.6) is 0 Å². The van der Waals surface area contributed by atoms with E-state index in [-0.39, 0.29) is 27.4 Å². The third-order valence-corrected chi connectivity index (χ3v) is 2.83. The molecule has 4 N–H and O–H groups in total. The second kappa shape index (κ2) is 17.6.